The second kappa shape index (κ2) is 2.34. The topological polar surface area (TPSA) is 35.8 Å². The van der Waals surface area contributed by atoms with E-state index in [1.165, 1.54) is 0 Å². The maximum atomic E-state index is 8.08. The van der Waals surface area contributed by atoms with Crippen molar-refractivity contribution in [2.45, 2.75) is 0 Å². The number of anilines is 1. The van der Waals surface area contributed by atoms with Gasteiger partial charge in [-0.05, 0) is 11.4 Å². The van der Waals surface area contributed by atoms with Gasteiger partial charge in [0.2, 0.25) is 0 Å². The molecule has 0 aromatic carbocycles. The van der Waals surface area contributed by atoms with Crippen LogP contribution in [0, 0.1) is 11.5 Å². The highest BCUT2D eigenvalue weighted by molar-refractivity contribution is 7.08. The van der Waals surface area contributed by atoms with Gasteiger partial charge in [-0.2, -0.15) is 16.6 Å². The fourth-order valence-electron chi connectivity index (χ4n) is 0.400. The molecule has 1 heterocycles. The molecule has 0 radical (unpaired) electrons. The molecule has 0 fully saturated rings. The van der Waals surface area contributed by atoms with Crippen molar-refractivity contribution in [3.8, 4) is 6.19 Å². The lowest BCUT2D eigenvalue weighted by Crippen LogP contribution is -1.80. The van der Waals surface area contributed by atoms with Crippen LogP contribution in [-0.2, 0) is 0 Å². The van der Waals surface area contributed by atoms with Crippen molar-refractivity contribution in [1.29, 1.82) is 5.26 Å². The Morgan fingerprint density at radius 1 is 1.75 bits per heavy atom. The summed E-state index contributed by atoms with van der Waals surface area (Å²) < 4.78 is 0. The minimum Gasteiger partial charge on any atom is -0.292 e. The summed E-state index contributed by atoms with van der Waals surface area (Å²) in [5.74, 6) is 0. The Labute approximate surface area is 51.4 Å². The van der Waals surface area contributed by atoms with Crippen LogP contribution in [0.1, 0.15) is 0 Å². The normalized spacial score (nSPS) is 7.88. The summed E-state index contributed by atoms with van der Waals surface area (Å²) in [6.45, 7) is 0. The van der Waals surface area contributed by atoms with Crippen LogP contribution in [0.3, 0.4) is 0 Å². The molecule has 1 aromatic heterocycles. The van der Waals surface area contributed by atoms with Gasteiger partial charge in [0.05, 0.1) is 5.69 Å². The van der Waals surface area contributed by atoms with Gasteiger partial charge in [0, 0.05) is 5.38 Å². The minimum absolute atomic E-state index is 0.873. The molecular weight excluding hydrogens is 120 g/mol. The van der Waals surface area contributed by atoms with E-state index in [2.05, 4.69) is 5.32 Å². The Morgan fingerprint density at radius 3 is 3.12 bits per heavy atom. The molecule has 0 spiro atoms. The van der Waals surface area contributed by atoms with Crippen LogP contribution in [0.15, 0.2) is 16.8 Å². The summed E-state index contributed by atoms with van der Waals surface area (Å²) in [7, 11) is 0. The van der Waals surface area contributed by atoms with Crippen molar-refractivity contribution in [1.82, 2.24) is 0 Å². The van der Waals surface area contributed by atoms with Crippen LogP contribution in [-0.4, -0.2) is 0 Å². The van der Waals surface area contributed by atoms with Gasteiger partial charge in [-0.1, -0.05) is 0 Å². The molecule has 0 amide bonds. The van der Waals surface area contributed by atoms with Crippen molar-refractivity contribution in [2.24, 2.45) is 0 Å². The molecule has 0 aliphatic rings. The van der Waals surface area contributed by atoms with Gasteiger partial charge in [-0.15, -0.1) is 0 Å². The first-order valence-corrected chi connectivity index (χ1v) is 3.05. The number of rotatable bonds is 1. The van der Waals surface area contributed by atoms with Gasteiger partial charge in [0.1, 0.15) is 0 Å². The maximum Gasteiger partial charge on any atom is 0.181 e. The van der Waals surface area contributed by atoms with Crippen molar-refractivity contribution < 1.29 is 0 Å². The lowest BCUT2D eigenvalue weighted by atomic mass is 10.5. The molecule has 8 heavy (non-hydrogen) atoms. The highest BCUT2D eigenvalue weighted by atomic mass is 32.1. The van der Waals surface area contributed by atoms with Gasteiger partial charge in [-0.25, -0.2) is 0 Å². The third-order valence-corrected chi connectivity index (χ3v) is 1.40. The summed E-state index contributed by atoms with van der Waals surface area (Å²) in [5.41, 5.74) is 0.873. The van der Waals surface area contributed by atoms with E-state index in [1.807, 2.05) is 23.0 Å². The van der Waals surface area contributed by atoms with Crippen LogP contribution in [0.2, 0.25) is 0 Å². The maximum absolute atomic E-state index is 8.08. The first-order chi connectivity index (χ1) is 3.93. The van der Waals surface area contributed by atoms with E-state index in [9.17, 15) is 0 Å². The molecule has 0 bridgehead atoms. The zero-order valence-corrected chi connectivity index (χ0v) is 4.90. The van der Waals surface area contributed by atoms with Crippen molar-refractivity contribution in [3.63, 3.8) is 0 Å². The number of thiophene rings is 1. The van der Waals surface area contributed by atoms with Crippen LogP contribution in [0.25, 0.3) is 0 Å². The zero-order valence-electron chi connectivity index (χ0n) is 4.09. The first kappa shape index (κ1) is 5.13. The summed E-state index contributed by atoms with van der Waals surface area (Å²) in [6.07, 6.45) is 1.83. The van der Waals surface area contributed by atoms with Gasteiger partial charge in [-0.3, -0.25) is 5.32 Å². The van der Waals surface area contributed by atoms with E-state index >= 15 is 0 Å². The summed E-state index contributed by atoms with van der Waals surface area (Å²) in [5, 5.41) is 14.4. The fourth-order valence-corrected chi connectivity index (χ4v) is 0.988. The van der Waals surface area contributed by atoms with E-state index in [0.717, 1.165) is 5.69 Å². The van der Waals surface area contributed by atoms with Gasteiger partial charge in [0.25, 0.3) is 0 Å². The SMILES string of the molecule is N#CNc1ccsc1. The second-order valence-corrected chi connectivity index (χ2v) is 2.03. The average molecular weight is 124 g/mol. The Balaban J connectivity index is 2.67. The number of nitrogens with zero attached hydrogens (tertiary/aromatic N) is 1. The molecule has 1 N–H and O–H groups in total. The zero-order chi connectivity index (χ0) is 5.82. The lowest BCUT2D eigenvalue weighted by molar-refractivity contribution is 1.48. The third-order valence-electron chi connectivity index (χ3n) is 0.721. The molecule has 0 aliphatic heterocycles. The Hall–Kier alpha value is -1.01. The molecule has 2 nitrogen and oxygen atoms in total. The van der Waals surface area contributed by atoms with Crippen LogP contribution < -0.4 is 5.32 Å². The predicted molar refractivity (Wildman–Crippen MR) is 33.6 cm³/mol. The first-order valence-electron chi connectivity index (χ1n) is 2.11. The molecule has 1 rings (SSSR count). The molecule has 0 saturated heterocycles. The quantitative estimate of drug-likeness (QED) is 0.456. The molecule has 0 unspecified atom stereocenters. The van der Waals surface area contributed by atoms with Crippen LogP contribution >= 0.6 is 11.3 Å². The Morgan fingerprint density at radius 2 is 2.62 bits per heavy atom. The molecule has 0 saturated carbocycles. The molecule has 3 heteroatoms. The minimum atomic E-state index is 0.873. The summed E-state index contributed by atoms with van der Waals surface area (Å²) in [4.78, 5) is 0. The predicted octanol–water partition coefficient (Wildman–Crippen LogP) is 1.64. The van der Waals surface area contributed by atoms with Crippen molar-refractivity contribution in [3.05, 3.63) is 16.8 Å². The number of nitriles is 1. The van der Waals surface area contributed by atoms with E-state index in [-0.39, 0.29) is 0 Å². The number of hydrogen-bond donors (Lipinski definition) is 1. The Kier molecular flexibility index (Phi) is 1.50. The van der Waals surface area contributed by atoms with E-state index in [4.69, 9.17) is 5.26 Å². The average Bonchev–Trinajstić information content (AvgIpc) is 2.19. The second-order valence-electron chi connectivity index (χ2n) is 1.25. The fraction of sp³-hybridized carbons (Fsp3) is 0. The van der Waals surface area contributed by atoms with E-state index in [0.29, 0.717) is 0 Å². The van der Waals surface area contributed by atoms with E-state index in [1.54, 1.807) is 11.3 Å². The third kappa shape index (κ3) is 0.983. The van der Waals surface area contributed by atoms with E-state index < -0.39 is 0 Å². The van der Waals surface area contributed by atoms with Gasteiger partial charge >= 0.3 is 0 Å². The van der Waals surface area contributed by atoms with Crippen LogP contribution in [0.4, 0.5) is 5.69 Å². The monoisotopic (exact) mass is 124 g/mol. The molecule has 0 atom stereocenters. The molecule has 0 aliphatic carbocycles. The summed E-state index contributed by atoms with van der Waals surface area (Å²) >= 11 is 1.57. The Bertz CT molecular complexity index is 185. The molecule has 1 aromatic rings. The van der Waals surface area contributed by atoms with Gasteiger partial charge in [0.15, 0.2) is 6.19 Å². The highest BCUT2D eigenvalue weighted by Crippen LogP contribution is 2.09. The largest absolute Gasteiger partial charge is 0.292 e. The number of nitrogens with one attached hydrogen (secondary N) is 1. The highest BCUT2D eigenvalue weighted by Gasteiger charge is 1.84. The van der Waals surface area contributed by atoms with Crippen molar-refractivity contribution in [2.75, 3.05) is 5.32 Å². The smallest absolute Gasteiger partial charge is 0.181 e. The van der Waals surface area contributed by atoms with Crippen LogP contribution in [0.5, 0.6) is 0 Å². The molecule has 40 valence electrons. The standard InChI is InChI=1S/C5H4N2S/c6-4-7-5-1-2-8-3-5/h1-3,7H. The molecular formula is C5H4N2S. The lowest BCUT2D eigenvalue weighted by Gasteiger charge is -1.82. The number of hydrogen-bond acceptors (Lipinski definition) is 3. The van der Waals surface area contributed by atoms with Gasteiger partial charge < -0.3 is 0 Å². The summed E-state index contributed by atoms with van der Waals surface area (Å²) in [6, 6.07) is 1.86. The van der Waals surface area contributed by atoms with Crippen molar-refractivity contribution >= 4 is 17.0 Å².